The smallest absolute Gasteiger partial charge is 0.132 e. The fourth-order valence-electron chi connectivity index (χ4n) is 2.25. The molecule has 1 atom stereocenters. The van der Waals surface area contributed by atoms with Gasteiger partial charge in [0.2, 0.25) is 0 Å². The van der Waals surface area contributed by atoms with Gasteiger partial charge in [-0.1, -0.05) is 6.07 Å². The number of nitrogens with zero attached hydrogens (tertiary/aromatic N) is 2. The maximum atomic E-state index is 14.2. The SMILES string of the molecule is CNC(c1ccc(OC)cc1F)c1cn(C)nc1C. The summed E-state index contributed by atoms with van der Waals surface area (Å²) in [6.45, 7) is 1.92. The van der Waals surface area contributed by atoms with Crippen LogP contribution in [-0.4, -0.2) is 23.9 Å². The van der Waals surface area contributed by atoms with Crippen LogP contribution >= 0.6 is 0 Å². The van der Waals surface area contributed by atoms with Crippen molar-refractivity contribution in [3.63, 3.8) is 0 Å². The Morgan fingerprint density at radius 2 is 2.11 bits per heavy atom. The standard InChI is InChI=1S/C14H18FN3O/c1-9-12(8-18(3)17-9)14(16-2)11-6-5-10(19-4)7-13(11)15/h5-8,14,16H,1-4H3. The van der Waals surface area contributed by atoms with Crippen molar-refractivity contribution >= 4 is 0 Å². The fraction of sp³-hybridized carbons (Fsp3) is 0.357. The second-order valence-electron chi connectivity index (χ2n) is 4.45. The quantitative estimate of drug-likeness (QED) is 0.919. The van der Waals surface area contributed by atoms with E-state index in [1.165, 1.54) is 13.2 Å². The molecule has 1 N–H and O–H groups in total. The minimum absolute atomic E-state index is 0.223. The Kier molecular flexibility index (Phi) is 3.85. The molecule has 0 aliphatic rings. The van der Waals surface area contributed by atoms with Crippen molar-refractivity contribution in [1.82, 2.24) is 15.1 Å². The molecule has 0 radical (unpaired) electrons. The van der Waals surface area contributed by atoms with Crippen molar-refractivity contribution < 1.29 is 9.13 Å². The number of aryl methyl sites for hydroxylation is 2. The number of rotatable bonds is 4. The molecule has 0 spiro atoms. The Balaban J connectivity index is 2.45. The molecule has 1 heterocycles. The van der Waals surface area contributed by atoms with Gasteiger partial charge >= 0.3 is 0 Å². The first-order chi connectivity index (χ1) is 9.06. The molecular weight excluding hydrogens is 245 g/mol. The van der Waals surface area contributed by atoms with Crippen LogP contribution in [0.15, 0.2) is 24.4 Å². The summed E-state index contributed by atoms with van der Waals surface area (Å²) in [6, 6.07) is 4.67. The highest BCUT2D eigenvalue weighted by atomic mass is 19.1. The average molecular weight is 263 g/mol. The molecule has 1 aromatic carbocycles. The predicted octanol–water partition coefficient (Wildman–Crippen LogP) is 2.19. The summed E-state index contributed by atoms with van der Waals surface area (Å²) in [5.41, 5.74) is 2.44. The minimum atomic E-state index is -0.290. The Labute approximate surface area is 112 Å². The van der Waals surface area contributed by atoms with Gasteiger partial charge in [-0.2, -0.15) is 5.10 Å². The number of halogens is 1. The molecule has 4 nitrogen and oxygen atoms in total. The van der Waals surface area contributed by atoms with Crippen molar-refractivity contribution in [3.05, 3.63) is 47.0 Å². The number of hydrogen-bond acceptors (Lipinski definition) is 3. The Morgan fingerprint density at radius 1 is 1.37 bits per heavy atom. The van der Waals surface area contributed by atoms with Gasteiger partial charge in [0.25, 0.3) is 0 Å². The van der Waals surface area contributed by atoms with Crippen molar-refractivity contribution in [2.24, 2.45) is 7.05 Å². The molecule has 102 valence electrons. The van der Waals surface area contributed by atoms with Crippen LogP contribution in [0.3, 0.4) is 0 Å². The van der Waals surface area contributed by atoms with Crippen molar-refractivity contribution in [1.29, 1.82) is 0 Å². The molecule has 2 rings (SSSR count). The fourth-order valence-corrected chi connectivity index (χ4v) is 2.25. The zero-order valence-corrected chi connectivity index (χ0v) is 11.6. The predicted molar refractivity (Wildman–Crippen MR) is 71.8 cm³/mol. The van der Waals surface area contributed by atoms with Crippen molar-refractivity contribution in [2.45, 2.75) is 13.0 Å². The van der Waals surface area contributed by atoms with E-state index in [0.717, 1.165) is 11.3 Å². The molecule has 0 saturated heterocycles. The Bertz CT molecular complexity index is 580. The summed E-state index contributed by atoms with van der Waals surface area (Å²) in [5.74, 6) is 0.223. The molecular formula is C14H18FN3O. The second-order valence-corrected chi connectivity index (χ2v) is 4.45. The lowest BCUT2D eigenvalue weighted by molar-refractivity contribution is 0.410. The summed E-state index contributed by atoms with van der Waals surface area (Å²) < 4.78 is 20.9. The monoisotopic (exact) mass is 263 g/mol. The van der Waals surface area contributed by atoms with Gasteiger partial charge in [0, 0.05) is 30.4 Å². The van der Waals surface area contributed by atoms with Gasteiger partial charge < -0.3 is 10.1 Å². The summed E-state index contributed by atoms with van der Waals surface area (Å²) in [7, 11) is 5.18. The Hall–Kier alpha value is -1.88. The van der Waals surface area contributed by atoms with Crippen molar-refractivity contribution in [2.75, 3.05) is 14.2 Å². The first kappa shape index (κ1) is 13.5. The third-order valence-corrected chi connectivity index (χ3v) is 3.17. The van der Waals surface area contributed by atoms with Gasteiger partial charge in [0.1, 0.15) is 11.6 Å². The molecule has 0 bridgehead atoms. The minimum Gasteiger partial charge on any atom is -0.497 e. The van der Waals surface area contributed by atoms with E-state index in [1.54, 1.807) is 23.9 Å². The highest BCUT2D eigenvalue weighted by Gasteiger charge is 2.20. The number of benzene rings is 1. The molecule has 19 heavy (non-hydrogen) atoms. The maximum Gasteiger partial charge on any atom is 0.132 e. The van der Waals surface area contributed by atoms with Gasteiger partial charge in [-0.3, -0.25) is 4.68 Å². The van der Waals surface area contributed by atoms with Crippen LogP contribution in [0.25, 0.3) is 0 Å². The topological polar surface area (TPSA) is 39.1 Å². The van der Waals surface area contributed by atoms with E-state index in [2.05, 4.69) is 10.4 Å². The largest absolute Gasteiger partial charge is 0.497 e. The molecule has 0 aliphatic carbocycles. The van der Waals surface area contributed by atoms with Crippen LogP contribution in [0, 0.1) is 12.7 Å². The average Bonchev–Trinajstić information content (AvgIpc) is 2.71. The number of ether oxygens (including phenoxy) is 1. The second kappa shape index (κ2) is 5.40. The van der Waals surface area contributed by atoms with Crippen LogP contribution in [0.4, 0.5) is 4.39 Å². The zero-order chi connectivity index (χ0) is 14.0. The molecule has 1 unspecified atom stereocenters. The van der Waals surface area contributed by atoms with E-state index >= 15 is 0 Å². The van der Waals surface area contributed by atoms with E-state index in [-0.39, 0.29) is 11.9 Å². The lowest BCUT2D eigenvalue weighted by Gasteiger charge is -2.17. The van der Waals surface area contributed by atoms with E-state index in [0.29, 0.717) is 11.3 Å². The highest BCUT2D eigenvalue weighted by molar-refractivity contribution is 5.37. The van der Waals surface area contributed by atoms with Crippen LogP contribution < -0.4 is 10.1 Å². The number of methoxy groups -OCH3 is 1. The third-order valence-electron chi connectivity index (χ3n) is 3.17. The third kappa shape index (κ3) is 2.61. The molecule has 0 saturated carbocycles. The molecule has 1 aromatic heterocycles. The van der Waals surface area contributed by atoms with Crippen LogP contribution in [0.5, 0.6) is 5.75 Å². The summed E-state index contributed by atoms with van der Waals surface area (Å²) in [6.07, 6.45) is 1.90. The van der Waals surface area contributed by atoms with E-state index in [9.17, 15) is 4.39 Å². The number of hydrogen-bond donors (Lipinski definition) is 1. The van der Waals surface area contributed by atoms with Crippen molar-refractivity contribution in [3.8, 4) is 5.75 Å². The summed E-state index contributed by atoms with van der Waals surface area (Å²) >= 11 is 0. The summed E-state index contributed by atoms with van der Waals surface area (Å²) in [5, 5.41) is 7.43. The normalized spacial score (nSPS) is 12.5. The lowest BCUT2D eigenvalue weighted by atomic mass is 9.99. The molecule has 0 amide bonds. The first-order valence-corrected chi connectivity index (χ1v) is 6.07. The zero-order valence-electron chi connectivity index (χ0n) is 11.6. The van der Waals surface area contributed by atoms with E-state index in [1.807, 2.05) is 20.2 Å². The van der Waals surface area contributed by atoms with E-state index in [4.69, 9.17) is 4.74 Å². The number of nitrogens with one attached hydrogen (secondary N) is 1. The van der Waals surface area contributed by atoms with E-state index < -0.39 is 0 Å². The first-order valence-electron chi connectivity index (χ1n) is 6.07. The van der Waals surface area contributed by atoms with Crippen LogP contribution in [0.1, 0.15) is 22.9 Å². The van der Waals surface area contributed by atoms with Gasteiger partial charge in [-0.05, 0) is 20.0 Å². The number of aromatic nitrogens is 2. The molecule has 0 fully saturated rings. The Morgan fingerprint density at radius 3 is 2.58 bits per heavy atom. The van der Waals surface area contributed by atoms with Gasteiger partial charge in [0.05, 0.1) is 18.8 Å². The maximum absolute atomic E-state index is 14.2. The van der Waals surface area contributed by atoms with Crippen LogP contribution in [-0.2, 0) is 7.05 Å². The molecule has 0 aliphatic heterocycles. The lowest BCUT2D eigenvalue weighted by Crippen LogP contribution is -2.19. The molecule has 5 heteroatoms. The van der Waals surface area contributed by atoms with Gasteiger partial charge in [-0.15, -0.1) is 0 Å². The summed E-state index contributed by atoms with van der Waals surface area (Å²) in [4.78, 5) is 0. The van der Waals surface area contributed by atoms with Crippen LogP contribution in [0.2, 0.25) is 0 Å². The van der Waals surface area contributed by atoms with Gasteiger partial charge in [0.15, 0.2) is 0 Å². The van der Waals surface area contributed by atoms with Gasteiger partial charge in [-0.25, -0.2) is 4.39 Å². The molecule has 2 aromatic rings. The highest BCUT2D eigenvalue weighted by Crippen LogP contribution is 2.28.